The van der Waals surface area contributed by atoms with Gasteiger partial charge < -0.3 is 10.2 Å². The van der Waals surface area contributed by atoms with Crippen molar-refractivity contribution in [2.45, 2.75) is 19.9 Å². The summed E-state index contributed by atoms with van der Waals surface area (Å²) < 4.78 is 13.1. The van der Waals surface area contributed by atoms with Crippen LogP contribution in [0.25, 0.3) is 0 Å². The molecule has 1 N–H and O–H groups in total. The van der Waals surface area contributed by atoms with Gasteiger partial charge in [-0.2, -0.15) is 0 Å². The van der Waals surface area contributed by atoms with Crippen LogP contribution in [0.4, 0.5) is 10.2 Å². The molecule has 1 unspecified atom stereocenters. The Labute approximate surface area is 95.7 Å². The first-order valence-corrected chi connectivity index (χ1v) is 5.74. The molecule has 1 aliphatic heterocycles. The molecule has 0 aliphatic carbocycles. The van der Waals surface area contributed by atoms with Gasteiger partial charge in [-0.15, -0.1) is 0 Å². The number of hydrogen-bond acceptors (Lipinski definition) is 3. The summed E-state index contributed by atoms with van der Waals surface area (Å²) >= 11 is 0. The topological polar surface area (TPSA) is 28.2 Å². The van der Waals surface area contributed by atoms with Crippen LogP contribution >= 0.6 is 0 Å². The summed E-state index contributed by atoms with van der Waals surface area (Å²) in [7, 11) is 1.86. The maximum atomic E-state index is 13.1. The van der Waals surface area contributed by atoms with E-state index in [4.69, 9.17) is 0 Å². The Kier molecular flexibility index (Phi) is 3.39. The maximum absolute atomic E-state index is 13.1. The normalized spacial score (nSPS) is 20.4. The van der Waals surface area contributed by atoms with Crippen LogP contribution in [0, 0.1) is 11.7 Å². The van der Waals surface area contributed by atoms with Crippen LogP contribution in [0.5, 0.6) is 0 Å². The molecule has 0 aromatic carbocycles. The van der Waals surface area contributed by atoms with Crippen molar-refractivity contribution in [1.29, 1.82) is 0 Å². The molecule has 1 fully saturated rings. The van der Waals surface area contributed by atoms with Crippen molar-refractivity contribution in [2.24, 2.45) is 5.92 Å². The Morgan fingerprint density at radius 3 is 3.06 bits per heavy atom. The van der Waals surface area contributed by atoms with E-state index in [9.17, 15) is 4.39 Å². The fraction of sp³-hybridized carbons (Fsp3) is 0.583. The van der Waals surface area contributed by atoms with Crippen LogP contribution in [0.3, 0.4) is 0 Å². The Hall–Kier alpha value is -1.16. The van der Waals surface area contributed by atoms with Gasteiger partial charge in [-0.05, 0) is 25.5 Å². The van der Waals surface area contributed by atoms with E-state index in [2.05, 4.69) is 22.1 Å². The number of anilines is 1. The molecule has 1 aromatic heterocycles. The first-order chi connectivity index (χ1) is 7.70. The number of aromatic nitrogens is 1. The zero-order chi connectivity index (χ0) is 11.5. The smallest absolute Gasteiger partial charge is 0.141 e. The number of pyridine rings is 1. The lowest BCUT2D eigenvalue weighted by Gasteiger charge is -2.20. The lowest BCUT2D eigenvalue weighted by atomic mass is 10.2. The van der Waals surface area contributed by atoms with Gasteiger partial charge in [0.05, 0.1) is 6.20 Å². The summed E-state index contributed by atoms with van der Waals surface area (Å²) in [5.74, 6) is 1.37. The second kappa shape index (κ2) is 4.78. The molecule has 0 amide bonds. The molecule has 1 aliphatic rings. The molecule has 3 nitrogen and oxygen atoms in total. The number of nitrogens with zero attached hydrogens (tertiary/aromatic N) is 2. The van der Waals surface area contributed by atoms with Gasteiger partial charge in [0.25, 0.3) is 0 Å². The first kappa shape index (κ1) is 11.3. The summed E-state index contributed by atoms with van der Waals surface area (Å²) in [6.07, 6.45) is 2.50. The van der Waals surface area contributed by atoms with Crippen LogP contribution in [0.2, 0.25) is 0 Å². The largest absolute Gasteiger partial charge is 0.356 e. The number of halogens is 1. The molecule has 4 heteroatoms. The highest BCUT2D eigenvalue weighted by atomic mass is 19.1. The number of nitrogens with one attached hydrogen (secondary N) is 1. The lowest BCUT2D eigenvalue weighted by Crippen LogP contribution is -2.23. The highest BCUT2D eigenvalue weighted by Gasteiger charge is 2.22. The van der Waals surface area contributed by atoms with Gasteiger partial charge in [-0.3, -0.25) is 0 Å². The standard InChI is InChI=1S/C12H18FN3/c1-9-3-4-16(8-9)12-10(6-14-2)5-11(13)7-15-12/h5,7,9,14H,3-4,6,8H2,1-2H3. The molecule has 1 atom stereocenters. The molecule has 88 valence electrons. The molecule has 1 aromatic rings. The van der Waals surface area contributed by atoms with E-state index in [1.54, 1.807) is 6.07 Å². The number of rotatable bonds is 3. The summed E-state index contributed by atoms with van der Waals surface area (Å²) in [4.78, 5) is 6.47. The molecule has 2 heterocycles. The van der Waals surface area contributed by atoms with Gasteiger partial charge in [-0.25, -0.2) is 9.37 Å². The first-order valence-electron chi connectivity index (χ1n) is 5.74. The lowest BCUT2D eigenvalue weighted by molar-refractivity contribution is 0.615. The van der Waals surface area contributed by atoms with E-state index in [1.807, 2.05) is 7.05 Å². The fourth-order valence-electron chi connectivity index (χ4n) is 2.21. The molecule has 1 saturated heterocycles. The summed E-state index contributed by atoms with van der Waals surface area (Å²) in [5, 5.41) is 3.05. The van der Waals surface area contributed by atoms with E-state index in [1.165, 1.54) is 12.6 Å². The minimum Gasteiger partial charge on any atom is -0.356 e. The quantitative estimate of drug-likeness (QED) is 0.846. The monoisotopic (exact) mass is 223 g/mol. The Morgan fingerprint density at radius 1 is 1.62 bits per heavy atom. The third-order valence-corrected chi connectivity index (χ3v) is 3.00. The van der Waals surface area contributed by atoms with Gasteiger partial charge >= 0.3 is 0 Å². The molecule has 0 bridgehead atoms. The highest BCUT2D eigenvalue weighted by molar-refractivity contribution is 5.47. The summed E-state index contributed by atoms with van der Waals surface area (Å²) in [6, 6.07) is 1.57. The minimum atomic E-state index is -0.263. The Morgan fingerprint density at radius 2 is 2.44 bits per heavy atom. The maximum Gasteiger partial charge on any atom is 0.141 e. The van der Waals surface area contributed by atoms with Crippen LogP contribution in [-0.4, -0.2) is 25.1 Å². The minimum absolute atomic E-state index is 0.263. The molecule has 2 rings (SSSR count). The van der Waals surface area contributed by atoms with Crippen LogP contribution in [0.15, 0.2) is 12.3 Å². The second-order valence-electron chi connectivity index (χ2n) is 4.51. The predicted molar refractivity (Wildman–Crippen MR) is 63.0 cm³/mol. The van der Waals surface area contributed by atoms with Crippen LogP contribution in [0.1, 0.15) is 18.9 Å². The zero-order valence-corrected chi connectivity index (χ0v) is 9.83. The van der Waals surface area contributed by atoms with Gasteiger partial charge in [0, 0.05) is 25.2 Å². The van der Waals surface area contributed by atoms with Gasteiger partial charge in [-0.1, -0.05) is 6.92 Å². The predicted octanol–water partition coefficient (Wildman–Crippen LogP) is 1.79. The molecule has 0 spiro atoms. The second-order valence-corrected chi connectivity index (χ2v) is 4.51. The number of hydrogen-bond donors (Lipinski definition) is 1. The molecular weight excluding hydrogens is 205 g/mol. The molecule has 0 radical (unpaired) electrons. The van der Waals surface area contributed by atoms with Crippen molar-refractivity contribution >= 4 is 5.82 Å². The van der Waals surface area contributed by atoms with Gasteiger partial charge in [0.1, 0.15) is 11.6 Å². The third kappa shape index (κ3) is 2.32. The van der Waals surface area contributed by atoms with E-state index in [-0.39, 0.29) is 5.82 Å². The zero-order valence-electron chi connectivity index (χ0n) is 9.83. The van der Waals surface area contributed by atoms with Crippen molar-refractivity contribution < 1.29 is 4.39 Å². The van der Waals surface area contributed by atoms with Crippen molar-refractivity contribution in [2.75, 3.05) is 25.0 Å². The molecular formula is C12H18FN3. The van der Waals surface area contributed by atoms with Crippen molar-refractivity contribution in [3.63, 3.8) is 0 Å². The van der Waals surface area contributed by atoms with Crippen LogP contribution < -0.4 is 10.2 Å². The van der Waals surface area contributed by atoms with Gasteiger partial charge in [0.2, 0.25) is 0 Å². The van der Waals surface area contributed by atoms with E-state index >= 15 is 0 Å². The highest BCUT2D eigenvalue weighted by Crippen LogP contribution is 2.25. The fourth-order valence-corrected chi connectivity index (χ4v) is 2.21. The average Bonchev–Trinajstić information content (AvgIpc) is 2.65. The summed E-state index contributed by atoms with van der Waals surface area (Å²) in [6.45, 7) is 4.94. The third-order valence-electron chi connectivity index (χ3n) is 3.00. The summed E-state index contributed by atoms with van der Waals surface area (Å²) in [5.41, 5.74) is 0.941. The Bertz CT molecular complexity index is 367. The molecule has 0 saturated carbocycles. The average molecular weight is 223 g/mol. The van der Waals surface area contributed by atoms with Crippen LogP contribution in [-0.2, 0) is 6.54 Å². The van der Waals surface area contributed by atoms with Crippen molar-refractivity contribution in [1.82, 2.24) is 10.3 Å². The Balaban J connectivity index is 2.25. The van der Waals surface area contributed by atoms with Crippen molar-refractivity contribution in [3.8, 4) is 0 Å². The SMILES string of the molecule is CNCc1cc(F)cnc1N1CCC(C)C1. The van der Waals surface area contributed by atoms with Gasteiger partial charge in [0.15, 0.2) is 0 Å². The molecule has 16 heavy (non-hydrogen) atoms. The van der Waals surface area contributed by atoms with E-state index in [0.717, 1.165) is 24.5 Å². The van der Waals surface area contributed by atoms with E-state index in [0.29, 0.717) is 12.5 Å². The van der Waals surface area contributed by atoms with Crippen molar-refractivity contribution in [3.05, 3.63) is 23.6 Å². The van der Waals surface area contributed by atoms with E-state index < -0.39 is 0 Å².